The summed E-state index contributed by atoms with van der Waals surface area (Å²) >= 11 is 0. The van der Waals surface area contributed by atoms with Crippen molar-refractivity contribution in [3.63, 3.8) is 0 Å². The minimum absolute atomic E-state index is 0.0485. The summed E-state index contributed by atoms with van der Waals surface area (Å²) in [5.74, 6) is 0.160. The molecule has 2 fully saturated rings. The van der Waals surface area contributed by atoms with Crippen molar-refractivity contribution in [2.75, 3.05) is 42.9 Å². The maximum Gasteiger partial charge on any atom is 0.321 e. The van der Waals surface area contributed by atoms with Gasteiger partial charge in [0.15, 0.2) is 0 Å². The number of rotatable bonds is 5. The molecule has 3 amide bonds. The van der Waals surface area contributed by atoms with E-state index in [1.807, 2.05) is 30.0 Å². The van der Waals surface area contributed by atoms with E-state index < -0.39 is 0 Å². The minimum atomic E-state index is -0.0485. The molecule has 3 rings (SSSR count). The zero-order valence-corrected chi connectivity index (χ0v) is 16.1. The van der Waals surface area contributed by atoms with E-state index in [2.05, 4.69) is 24.1 Å². The summed E-state index contributed by atoms with van der Waals surface area (Å²) in [6.45, 7) is 10.7. The van der Waals surface area contributed by atoms with Crippen LogP contribution in [0.2, 0.25) is 0 Å². The van der Waals surface area contributed by atoms with Crippen LogP contribution in [0, 0.1) is 6.92 Å². The van der Waals surface area contributed by atoms with Gasteiger partial charge in [-0.05, 0) is 50.6 Å². The second-order valence-corrected chi connectivity index (χ2v) is 7.19. The first-order chi connectivity index (χ1) is 12.5. The number of nitrogens with one attached hydrogen (secondary N) is 1. The van der Waals surface area contributed by atoms with Crippen LogP contribution in [-0.4, -0.2) is 60.5 Å². The van der Waals surface area contributed by atoms with Crippen LogP contribution in [0.5, 0.6) is 0 Å². The molecule has 2 heterocycles. The Morgan fingerprint density at radius 1 is 1.27 bits per heavy atom. The normalized spacial score (nSPS) is 20.3. The molecule has 1 aromatic rings. The van der Waals surface area contributed by atoms with E-state index in [0.717, 1.165) is 62.5 Å². The van der Waals surface area contributed by atoms with Crippen LogP contribution in [0.25, 0.3) is 0 Å². The molecule has 0 radical (unpaired) electrons. The lowest BCUT2D eigenvalue weighted by Crippen LogP contribution is -2.39. The maximum absolute atomic E-state index is 12.7. The first-order valence-corrected chi connectivity index (χ1v) is 9.74. The lowest BCUT2D eigenvalue weighted by molar-refractivity contribution is -0.117. The first-order valence-electron chi connectivity index (χ1n) is 9.74. The van der Waals surface area contributed by atoms with E-state index in [1.54, 1.807) is 4.90 Å². The van der Waals surface area contributed by atoms with Crippen molar-refractivity contribution in [2.45, 2.75) is 46.1 Å². The van der Waals surface area contributed by atoms with Gasteiger partial charge in [-0.15, -0.1) is 0 Å². The zero-order chi connectivity index (χ0) is 18.7. The van der Waals surface area contributed by atoms with Gasteiger partial charge < -0.3 is 15.1 Å². The summed E-state index contributed by atoms with van der Waals surface area (Å²) in [5, 5.41) is 3.06. The van der Waals surface area contributed by atoms with Crippen molar-refractivity contribution in [2.24, 2.45) is 0 Å². The number of carbonyl (C=O) groups excluding carboxylic acids is 2. The third-order valence-corrected chi connectivity index (χ3v) is 5.63. The highest BCUT2D eigenvalue weighted by Crippen LogP contribution is 2.27. The van der Waals surface area contributed by atoms with Crippen molar-refractivity contribution in [3.05, 3.63) is 23.8 Å². The monoisotopic (exact) mass is 358 g/mol. The fourth-order valence-corrected chi connectivity index (χ4v) is 3.99. The van der Waals surface area contributed by atoms with Gasteiger partial charge in [0.2, 0.25) is 5.91 Å². The van der Waals surface area contributed by atoms with E-state index in [1.165, 1.54) is 0 Å². The van der Waals surface area contributed by atoms with Gasteiger partial charge in [0, 0.05) is 43.5 Å². The number of amides is 3. The lowest BCUT2D eigenvalue weighted by Gasteiger charge is -2.26. The second kappa shape index (κ2) is 8.08. The summed E-state index contributed by atoms with van der Waals surface area (Å²) in [7, 11) is 0. The average Bonchev–Trinajstić information content (AvgIpc) is 3.27. The molecular formula is C20H30N4O2. The highest BCUT2D eigenvalue weighted by atomic mass is 16.2. The number of hydrogen-bond acceptors (Lipinski definition) is 3. The fraction of sp³-hybridized carbons (Fsp3) is 0.600. The van der Waals surface area contributed by atoms with Crippen LogP contribution < -0.4 is 10.2 Å². The van der Waals surface area contributed by atoms with Gasteiger partial charge in [-0.3, -0.25) is 9.69 Å². The number of hydrogen-bond donors (Lipinski definition) is 1. The Morgan fingerprint density at radius 2 is 2.04 bits per heavy atom. The molecule has 6 nitrogen and oxygen atoms in total. The molecule has 1 aromatic carbocycles. The molecule has 142 valence electrons. The number of likely N-dealkylation sites (tertiary alicyclic amines) is 1. The largest absolute Gasteiger partial charge is 0.323 e. The third-order valence-electron chi connectivity index (χ3n) is 5.63. The highest BCUT2D eigenvalue weighted by molar-refractivity contribution is 5.97. The first kappa shape index (κ1) is 18.7. The highest BCUT2D eigenvalue weighted by Gasteiger charge is 2.29. The van der Waals surface area contributed by atoms with E-state index in [9.17, 15) is 9.59 Å². The Labute approximate surface area is 156 Å². The number of nitrogens with zero attached hydrogens (tertiary/aromatic N) is 3. The maximum atomic E-state index is 12.7. The summed E-state index contributed by atoms with van der Waals surface area (Å²) in [5.41, 5.74) is 2.67. The Kier molecular flexibility index (Phi) is 5.81. The molecule has 0 spiro atoms. The van der Waals surface area contributed by atoms with Gasteiger partial charge in [-0.25, -0.2) is 4.79 Å². The number of anilines is 2. The lowest BCUT2D eigenvalue weighted by atomic mass is 10.1. The van der Waals surface area contributed by atoms with Crippen LogP contribution in [0.1, 0.15) is 38.7 Å². The fourth-order valence-electron chi connectivity index (χ4n) is 3.99. The molecule has 26 heavy (non-hydrogen) atoms. The predicted molar refractivity (Wildman–Crippen MR) is 105 cm³/mol. The second-order valence-electron chi connectivity index (χ2n) is 7.19. The summed E-state index contributed by atoms with van der Waals surface area (Å²) in [6, 6.07) is 6.26. The molecule has 1 unspecified atom stereocenters. The molecule has 0 bridgehead atoms. The van der Waals surface area contributed by atoms with E-state index in [0.29, 0.717) is 12.5 Å². The number of carbonyl (C=O) groups is 2. The Bertz CT molecular complexity index is 672. The van der Waals surface area contributed by atoms with Crippen LogP contribution in [0.4, 0.5) is 16.2 Å². The molecule has 2 saturated heterocycles. The number of urea groups is 1. The number of benzene rings is 1. The van der Waals surface area contributed by atoms with Gasteiger partial charge in [-0.1, -0.05) is 19.9 Å². The Balaban J connectivity index is 1.67. The zero-order valence-electron chi connectivity index (χ0n) is 16.1. The van der Waals surface area contributed by atoms with Crippen LogP contribution in [-0.2, 0) is 4.79 Å². The van der Waals surface area contributed by atoms with E-state index in [4.69, 9.17) is 0 Å². The summed E-state index contributed by atoms with van der Waals surface area (Å²) in [6.07, 6.45) is 2.53. The Hall–Kier alpha value is -2.08. The van der Waals surface area contributed by atoms with Crippen molar-refractivity contribution < 1.29 is 9.59 Å². The topological polar surface area (TPSA) is 55.9 Å². The van der Waals surface area contributed by atoms with Crippen LogP contribution >= 0.6 is 0 Å². The molecule has 0 saturated carbocycles. The van der Waals surface area contributed by atoms with Crippen LogP contribution in [0.15, 0.2) is 18.2 Å². The van der Waals surface area contributed by atoms with Crippen molar-refractivity contribution >= 4 is 23.3 Å². The standard InChI is InChI=1S/C20H30N4O2/c1-4-22(5-2)17-10-12-23(14-17)20(26)21-18-13-16(9-8-15(18)3)24-11-6-7-19(24)25/h8-9,13,17H,4-7,10-12,14H2,1-3H3,(H,21,26). The number of aryl methyl sites for hydroxylation is 1. The molecule has 6 heteroatoms. The molecule has 2 aliphatic rings. The van der Waals surface area contributed by atoms with Gasteiger partial charge in [0.05, 0.1) is 0 Å². The molecule has 0 aliphatic carbocycles. The molecular weight excluding hydrogens is 328 g/mol. The molecule has 0 aromatic heterocycles. The van der Waals surface area contributed by atoms with Gasteiger partial charge in [0.1, 0.15) is 0 Å². The van der Waals surface area contributed by atoms with E-state index in [-0.39, 0.29) is 11.9 Å². The average molecular weight is 358 g/mol. The minimum Gasteiger partial charge on any atom is -0.323 e. The summed E-state index contributed by atoms with van der Waals surface area (Å²) < 4.78 is 0. The quantitative estimate of drug-likeness (QED) is 0.880. The van der Waals surface area contributed by atoms with Gasteiger partial charge >= 0.3 is 6.03 Å². The molecule has 1 N–H and O–H groups in total. The van der Waals surface area contributed by atoms with Crippen molar-refractivity contribution in [1.29, 1.82) is 0 Å². The SMILES string of the molecule is CCN(CC)C1CCN(C(=O)Nc2cc(N3CCCC3=O)ccc2C)C1. The van der Waals surface area contributed by atoms with Crippen molar-refractivity contribution in [1.82, 2.24) is 9.80 Å². The van der Waals surface area contributed by atoms with Crippen molar-refractivity contribution in [3.8, 4) is 0 Å². The number of likely N-dealkylation sites (N-methyl/N-ethyl adjacent to an activating group) is 1. The smallest absolute Gasteiger partial charge is 0.321 e. The van der Waals surface area contributed by atoms with Gasteiger partial charge in [0.25, 0.3) is 0 Å². The van der Waals surface area contributed by atoms with Crippen LogP contribution in [0.3, 0.4) is 0 Å². The molecule has 2 aliphatic heterocycles. The molecule has 1 atom stereocenters. The van der Waals surface area contributed by atoms with Gasteiger partial charge in [-0.2, -0.15) is 0 Å². The Morgan fingerprint density at radius 3 is 2.69 bits per heavy atom. The summed E-state index contributed by atoms with van der Waals surface area (Å²) in [4.78, 5) is 30.8. The van der Waals surface area contributed by atoms with E-state index >= 15 is 0 Å². The predicted octanol–water partition coefficient (Wildman–Crippen LogP) is 3.07. The third kappa shape index (κ3) is 3.85.